The zero-order valence-electron chi connectivity index (χ0n) is 11.0. The molecule has 3 nitrogen and oxygen atoms in total. The number of fused-ring (bicyclic) bond motifs is 1. The number of furan rings is 1. The van der Waals surface area contributed by atoms with Gasteiger partial charge in [-0.15, -0.1) is 0 Å². The summed E-state index contributed by atoms with van der Waals surface area (Å²) in [6, 6.07) is 4.43. The summed E-state index contributed by atoms with van der Waals surface area (Å²) in [6.07, 6.45) is 7.38. The van der Waals surface area contributed by atoms with Crippen LogP contribution in [-0.4, -0.2) is 11.0 Å². The molecule has 3 rings (SSSR count). The van der Waals surface area contributed by atoms with Gasteiger partial charge in [0.05, 0.1) is 11.6 Å². The molecule has 0 aromatic carbocycles. The smallest absolute Gasteiger partial charge is 0.139 e. The zero-order chi connectivity index (χ0) is 12.5. The van der Waals surface area contributed by atoms with Crippen LogP contribution >= 0.6 is 0 Å². The third-order valence-corrected chi connectivity index (χ3v) is 4.13. The van der Waals surface area contributed by atoms with Gasteiger partial charge in [0.2, 0.25) is 0 Å². The number of hydrogen-bond acceptors (Lipinski definition) is 3. The van der Waals surface area contributed by atoms with Crippen LogP contribution in [0.25, 0.3) is 11.0 Å². The first-order chi connectivity index (χ1) is 8.74. The van der Waals surface area contributed by atoms with Crippen molar-refractivity contribution >= 4 is 16.8 Å². The lowest BCUT2D eigenvalue weighted by atomic mass is 9.80. The Labute approximate surface area is 108 Å². The van der Waals surface area contributed by atoms with Crippen molar-refractivity contribution in [3.63, 3.8) is 0 Å². The van der Waals surface area contributed by atoms with Gasteiger partial charge in [0, 0.05) is 12.2 Å². The molecule has 1 saturated carbocycles. The zero-order valence-corrected chi connectivity index (χ0v) is 11.0. The monoisotopic (exact) mass is 244 g/mol. The Morgan fingerprint density at radius 3 is 3.00 bits per heavy atom. The number of rotatable bonds is 2. The van der Waals surface area contributed by atoms with E-state index in [-0.39, 0.29) is 0 Å². The van der Waals surface area contributed by atoms with Crippen molar-refractivity contribution in [2.45, 2.75) is 39.2 Å². The molecule has 1 aliphatic carbocycles. The molecule has 3 heteroatoms. The Bertz CT molecular complexity index is 534. The van der Waals surface area contributed by atoms with Crippen molar-refractivity contribution in [1.82, 2.24) is 4.98 Å². The second kappa shape index (κ2) is 4.63. The average molecular weight is 244 g/mol. The summed E-state index contributed by atoms with van der Waals surface area (Å²) in [7, 11) is 0. The molecule has 0 saturated heterocycles. The number of nitrogens with one attached hydrogen (secondary N) is 1. The summed E-state index contributed by atoms with van der Waals surface area (Å²) in [6.45, 7) is 4.69. The van der Waals surface area contributed by atoms with Crippen molar-refractivity contribution in [3.05, 3.63) is 24.6 Å². The van der Waals surface area contributed by atoms with Crippen molar-refractivity contribution in [1.29, 1.82) is 0 Å². The lowest BCUT2D eigenvalue weighted by molar-refractivity contribution is 0.276. The van der Waals surface area contributed by atoms with Crippen molar-refractivity contribution < 1.29 is 4.42 Å². The molecule has 0 aliphatic heterocycles. The van der Waals surface area contributed by atoms with Gasteiger partial charge in [-0.2, -0.15) is 0 Å². The SMILES string of the molecule is CC1CCC(Nc2nccc3occc23)C(C)C1. The van der Waals surface area contributed by atoms with Gasteiger partial charge in [-0.05, 0) is 43.2 Å². The molecule has 2 heterocycles. The lowest BCUT2D eigenvalue weighted by Gasteiger charge is -2.33. The van der Waals surface area contributed by atoms with Gasteiger partial charge in [0.15, 0.2) is 0 Å². The summed E-state index contributed by atoms with van der Waals surface area (Å²) >= 11 is 0. The molecule has 96 valence electrons. The summed E-state index contributed by atoms with van der Waals surface area (Å²) in [5.41, 5.74) is 0.907. The van der Waals surface area contributed by atoms with Crippen LogP contribution in [0.1, 0.15) is 33.1 Å². The van der Waals surface area contributed by atoms with E-state index in [9.17, 15) is 0 Å². The largest absolute Gasteiger partial charge is 0.464 e. The van der Waals surface area contributed by atoms with Crippen LogP contribution in [0.2, 0.25) is 0 Å². The molecule has 1 N–H and O–H groups in total. The first-order valence-corrected chi connectivity index (χ1v) is 6.83. The molecule has 2 aromatic rings. The highest BCUT2D eigenvalue weighted by atomic mass is 16.3. The standard InChI is InChI=1S/C15H20N2O/c1-10-3-4-13(11(2)9-10)17-15-12-6-8-18-14(12)5-7-16-15/h5-8,10-11,13H,3-4,9H2,1-2H3,(H,16,17). The number of nitrogens with zero attached hydrogens (tertiary/aromatic N) is 1. The fourth-order valence-electron chi connectivity index (χ4n) is 3.07. The van der Waals surface area contributed by atoms with E-state index in [0.29, 0.717) is 12.0 Å². The predicted molar refractivity (Wildman–Crippen MR) is 73.6 cm³/mol. The molecule has 1 fully saturated rings. The molecule has 0 amide bonds. The molecule has 2 aromatic heterocycles. The van der Waals surface area contributed by atoms with Gasteiger partial charge in [-0.3, -0.25) is 0 Å². The number of anilines is 1. The second-order valence-corrected chi connectivity index (χ2v) is 5.64. The molecule has 18 heavy (non-hydrogen) atoms. The van der Waals surface area contributed by atoms with E-state index in [2.05, 4.69) is 24.1 Å². The van der Waals surface area contributed by atoms with Gasteiger partial charge >= 0.3 is 0 Å². The van der Waals surface area contributed by atoms with E-state index in [1.54, 1.807) is 6.26 Å². The number of aromatic nitrogens is 1. The van der Waals surface area contributed by atoms with E-state index in [1.165, 1.54) is 19.3 Å². The summed E-state index contributed by atoms with van der Waals surface area (Å²) in [5, 5.41) is 4.70. The minimum absolute atomic E-state index is 0.536. The molecular formula is C15H20N2O. The summed E-state index contributed by atoms with van der Waals surface area (Å²) < 4.78 is 5.41. The normalized spacial score (nSPS) is 28.4. The molecule has 3 atom stereocenters. The molecule has 0 spiro atoms. The van der Waals surface area contributed by atoms with Crippen molar-refractivity contribution in [2.24, 2.45) is 11.8 Å². The topological polar surface area (TPSA) is 38.1 Å². The van der Waals surface area contributed by atoms with Crippen LogP contribution in [0, 0.1) is 11.8 Å². The predicted octanol–water partition coefficient (Wildman–Crippen LogP) is 4.06. The van der Waals surface area contributed by atoms with Gasteiger partial charge in [0.1, 0.15) is 11.4 Å². The highest BCUT2D eigenvalue weighted by molar-refractivity contribution is 5.87. The van der Waals surface area contributed by atoms with E-state index in [1.807, 2.05) is 18.3 Å². The minimum atomic E-state index is 0.536. The Morgan fingerprint density at radius 2 is 2.17 bits per heavy atom. The molecular weight excluding hydrogens is 224 g/mol. The van der Waals surface area contributed by atoms with E-state index in [0.717, 1.165) is 22.7 Å². The van der Waals surface area contributed by atoms with E-state index < -0.39 is 0 Å². The summed E-state index contributed by atoms with van der Waals surface area (Å²) in [4.78, 5) is 4.46. The molecule has 1 aliphatic rings. The highest BCUT2D eigenvalue weighted by Crippen LogP contribution is 2.32. The first kappa shape index (κ1) is 11.6. The van der Waals surface area contributed by atoms with Crippen molar-refractivity contribution in [3.8, 4) is 0 Å². The van der Waals surface area contributed by atoms with Crippen LogP contribution in [0.5, 0.6) is 0 Å². The number of pyridine rings is 1. The molecule has 3 unspecified atom stereocenters. The maximum absolute atomic E-state index is 5.41. The van der Waals surface area contributed by atoms with Gasteiger partial charge in [-0.1, -0.05) is 13.8 Å². The van der Waals surface area contributed by atoms with Gasteiger partial charge in [0.25, 0.3) is 0 Å². The lowest BCUT2D eigenvalue weighted by Crippen LogP contribution is -2.33. The van der Waals surface area contributed by atoms with E-state index >= 15 is 0 Å². The Morgan fingerprint density at radius 1 is 1.28 bits per heavy atom. The first-order valence-electron chi connectivity index (χ1n) is 6.83. The average Bonchev–Trinajstić information content (AvgIpc) is 2.82. The van der Waals surface area contributed by atoms with Crippen molar-refractivity contribution in [2.75, 3.05) is 5.32 Å². The third-order valence-electron chi connectivity index (χ3n) is 4.13. The van der Waals surface area contributed by atoms with Gasteiger partial charge < -0.3 is 9.73 Å². The molecule has 0 radical (unpaired) electrons. The maximum atomic E-state index is 5.41. The van der Waals surface area contributed by atoms with Crippen LogP contribution in [-0.2, 0) is 0 Å². The van der Waals surface area contributed by atoms with E-state index in [4.69, 9.17) is 4.42 Å². The second-order valence-electron chi connectivity index (χ2n) is 5.64. The van der Waals surface area contributed by atoms with Crippen LogP contribution in [0.15, 0.2) is 29.0 Å². The molecule has 0 bridgehead atoms. The maximum Gasteiger partial charge on any atom is 0.139 e. The fourth-order valence-corrected chi connectivity index (χ4v) is 3.07. The van der Waals surface area contributed by atoms with Gasteiger partial charge in [-0.25, -0.2) is 4.98 Å². The Hall–Kier alpha value is -1.51. The Balaban J connectivity index is 1.82. The van der Waals surface area contributed by atoms with Crippen LogP contribution in [0.4, 0.5) is 5.82 Å². The minimum Gasteiger partial charge on any atom is -0.464 e. The highest BCUT2D eigenvalue weighted by Gasteiger charge is 2.25. The Kier molecular flexibility index (Phi) is 2.98. The fraction of sp³-hybridized carbons (Fsp3) is 0.533. The summed E-state index contributed by atoms with van der Waals surface area (Å²) in [5.74, 6) is 2.53. The van der Waals surface area contributed by atoms with Crippen LogP contribution < -0.4 is 5.32 Å². The quantitative estimate of drug-likeness (QED) is 0.865. The number of hydrogen-bond donors (Lipinski definition) is 1. The van der Waals surface area contributed by atoms with Crippen LogP contribution in [0.3, 0.4) is 0 Å². The third kappa shape index (κ3) is 2.09.